The molecule has 1 fully saturated rings. The Morgan fingerprint density at radius 1 is 1.28 bits per heavy atom. The van der Waals surface area contributed by atoms with E-state index in [0.29, 0.717) is 34.3 Å². The molecule has 12 heteroatoms. The third kappa shape index (κ3) is 4.34. The van der Waals surface area contributed by atoms with E-state index in [9.17, 15) is 10.0 Å². The minimum atomic E-state index is -0.417. The third-order valence-electron chi connectivity index (χ3n) is 4.87. The van der Waals surface area contributed by atoms with Crippen molar-refractivity contribution in [1.82, 2.24) is 35.8 Å². The van der Waals surface area contributed by atoms with Crippen LogP contribution >= 0.6 is 0 Å². The highest BCUT2D eigenvalue weighted by Gasteiger charge is 2.28. The van der Waals surface area contributed by atoms with Crippen LogP contribution in [0.4, 0.5) is 17.2 Å². The Morgan fingerprint density at radius 3 is 2.72 bits per heavy atom. The molecule has 1 saturated carbocycles. The summed E-state index contributed by atoms with van der Waals surface area (Å²) in [5.41, 5.74) is 3.83. The number of benzene rings is 1. The smallest absolute Gasteiger partial charge is 0.273 e. The maximum absolute atomic E-state index is 12.4. The summed E-state index contributed by atoms with van der Waals surface area (Å²) in [6, 6.07) is 7.05. The number of hydrogen-bond acceptors (Lipinski definition) is 9. The van der Waals surface area contributed by atoms with Gasteiger partial charge in [-0.2, -0.15) is 5.10 Å². The average molecular weight is 437 g/mol. The van der Waals surface area contributed by atoms with Gasteiger partial charge in [-0.1, -0.05) is 6.07 Å². The van der Waals surface area contributed by atoms with E-state index in [2.05, 4.69) is 41.4 Å². The minimum absolute atomic E-state index is 0.0831. The van der Waals surface area contributed by atoms with Crippen molar-refractivity contribution in [2.45, 2.75) is 12.8 Å². The van der Waals surface area contributed by atoms with Gasteiger partial charge in [0.2, 0.25) is 0 Å². The second-order valence-electron chi connectivity index (χ2n) is 7.18. The number of amides is 1. The van der Waals surface area contributed by atoms with Crippen molar-refractivity contribution in [3.8, 4) is 17.1 Å². The molecule has 4 N–H and O–H groups in total. The Balaban J connectivity index is 1.75. The number of carbonyl (C=O) groups excluding carboxylic acids is 1. The van der Waals surface area contributed by atoms with Gasteiger partial charge in [-0.25, -0.2) is 9.98 Å². The van der Waals surface area contributed by atoms with Gasteiger partial charge in [0.15, 0.2) is 23.1 Å². The molecule has 166 valence electrons. The molecule has 2 heterocycles. The monoisotopic (exact) mass is 437 g/mol. The molecule has 2 aromatic heterocycles. The molecular formula is C20H23N9O3. The molecule has 4 rings (SSSR count). The van der Waals surface area contributed by atoms with Crippen molar-refractivity contribution in [2.24, 2.45) is 18.0 Å². The van der Waals surface area contributed by atoms with Gasteiger partial charge in [0.05, 0.1) is 24.0 Å². The largest absolute Gasteiger partial charge is 0.494 e. The van der Waals surface area contributed by atoms with Gasteiger partial charge >= 0.3 is 0 Å². The maximum atomic E-state index is 12.4. The van der Waals surface area contributed by atoms with Crippen molar-refractivity contribution < 1.29 is 14.7 Å². The van der Waals surface area contributed by atoms with Crippen LogP contribution < -0.4 is 20.9 Å². The fourth-order valence-electron chi connectivity index (χ4n) is 3.14. The van der Waals surface area contributed by atoms with E-state index in [1.807, 2.05) is 12.1 Å². The molecule has 0 atom stereocenters. The second-order valence-corrected chi connectivity index (χ2v) is 7.18. The SMILES string of the molecule is CNC(=O)c1nnc(N=C(NO)C2CC2)cc1Nc1cccc(-c2ncn(C)n2)c1OC. The summed E-state index contributed by atoms with van der Waals surface area (Å²) in [6.45, 7) is 0. The maximum Gasteiger partial charge on any atom is 0.273 e. The Kier molecular flexibility index (Phi) is 5.94. The summed E-state index contributed by atoms with van der Waals surface area (Å²) in [5, 5.41) is 27.5. The second kappa shape index (κ2) is 8.98. The number of methoxy groups -OCH3 is 1. The Hall–Kier alpha value is -4.06. The topological polar surface area (TPSA) is 151 Å². The molecular weight excluding hydrogens is 414 g/mol. The molecule has 0 unspecified atom stereocenters. The van der Waals surface area contributed by atoms with Gasteiger partial charge < -0.3 is 15.4 Å². The number of hydrogen-bond donors (Lipinski definition) is 4. The number of rotatable bonds is 7. The van der Waals surface area contributed by atoms with Gasteiger partial charge in [0, 0.05) is 26.1 Å². The minimum Gasteiger partial charge on any atom is -0.494 e. The van der Waals surface area contributed by atoms with Crippen molar-refractivity contribution >= 4 is 28.9 Å². The summed E-state index contributed by atoms with van der Waals surface area (Å²) in [5.74, 6) is 1.41. The standard InChI is InChI=1S/C20H23N9O3/c1-21-20(30)16-14(9-15(25-26-16)24-18(28-31)11-7-8-11)23-13-6-4-5-12(17(13)32-3)19-22-10-29(2)27-19/h4-6,9-11,31H,7-8H2,1-3H3,(H,21,30)(H2,23,24,25,28). The highest BCUT2D eigenvalue weighted by atomic mass is 16.5. The van der Waals surface area contributed by atoms with Crippen LogP contribution in [0.1, 0.15) is 23.3 Å². The van der Waals surface area contributed by atoms with Gasteiger partial charge in [-0.05, 0) is 25.0 Å². The number of anilines is 2. The van der Waals surface area contributed by atoms with E-state index in [-0.39, 0.29) is 17.4 Å². The van der Waals surface area contributed by atoms with Crippen LogP contribution in [-0.2, 0) is 7.05 Å². The average Bonchev–Trinajstić information content (AvgIpc) is 3.56. The predicted molar refractivity (Wildman–Crippen MR) is 116 cm³/mol. The first-order valence-corrected chi connectivity index (χ1v) is 9.92. The molecule has 0 saturated heterocycles. The summed E-state index contributed by atoms with van der Waals surface area (Å²) in [6.07, 6.45) is 3.47. The number of nitrogens with one attached hydrogen (secondary N) is 3. The van der Waals surface area contributed by atoms with Crippen molar-refractivity contribution in [3.63, 3.8) is 0 Å². The number of carbonyl (C=O) groups is 1. The first-order valence-electron chi connectivity index (χ1n) is 9.92. The zero-order valence-corrected chi connectivity index (χ0v) is 17.8. The molecule has 0 aliphatic heterocycles. The van der Waals surface area contributed by atoms with Gasteiger partial charge in [0.1, 0.15) is 12.2 Å². The summed E-state index contributed by atoms with van der Waals surface area (Å²) in [7, 11) is 4.83. The normalized spacial score (nSPS) is 13.6. The molecule has 0 spiro atoms. The predicted octanol–water partition coefficient (Wildman–Crippen LogP) is 1.80. The van der Waals surface area contributed by atoms with Crippen LogP contribution in [0.5, 0.6) is 5.75 Å². The molecule has 1 aromatic carbocycles. The first-order chi connectivity index (χ1) is 15.5. The number of aryl methyl sites for hydroxylation is 1. The lowest BCUT2D eigenvalue weighted by Crippen LogP contribution is -2.22. The van der Waals surface area contributed by atoms with Crippen molar-refractivity contribution in [3.05, 3.63) is 36.3 Å². The third-order valence-corrected chi connectivity index (χ3v) is 4.87. The van der Waals surface area contributed by atoms with Crippen LogP contribution in [0.25, 0.3) is 11.4 Å². The fourth-order valence-corrected chi connectivity index (χ4v) is 3.14. The van der Waals surface area contributed by atoms with Crippen LogP contribution in [-0.4, -0.2) is 56.1 Å². The summed E-state index contributed by atoms with van der Waals surface area (Å²) in [4.78, 5) is 21.0. The quantitative estimate of drug-likeness (QED) is 0.246. The first kappa shape index (κ1) is 21.2. The molecule has 1 aliphatic rings. The highest BCUT2D eigenvalue weighted by molar-refractivity contribution is 5.99. The fraction of sp³-hybridized carbons (Fsp3) is 0.300. The van der Waals surface area contributed by atoms with E-state index in [1.54, 1.807) is 37.3 Å². The molecule has 0 bridgehead atoms. The lowest BCUT2D eigenvalue weighted by Gasteiger charge is -2.15. The van der Waals surface area contributed by atoms with E-state index in [0.717, 1.165) is 12.8 Å². The Morgan fingerprint density at radius 2 is 2.09 bits per heavy atom. The van der Waals surface area contributed by atoms with Crippen LogP contribution in [0.15, 0.2) is 35.6 Å². The number of hydroxylamine groups is 1. The Bertz CT molecular complexity index is 1170. The summed E-state index contributed by atoms with van der Waals surface area (Å²) >= 11 is 0. The van der Waals surface area contributed by atoms with Crippen molar-refractivity contribution in [2.75, 3.05) is 19.5 Å². The molecule has 3 aromatic rings. The van der Waals surface area contributed by atoms with Crippen LogP contribution in [0.2, 0.25) is 0 Å². The summed E-state index contributed by atoms with van der Waals surface area (Å²) < 4.78 is 7.23. The zero-order chi connectivity index (χ0) is 22.7. The van der Waals surface area contributed by atoms with E-state index >= 15 is 0 Å². The molecule has 12 nitrogen and oxygen atoms in total. The lowest BCUT2D eigenvalue weighted by molar-refractivity contribution is 0.0958. The lowest BCUT2D eigenvalue weighted by atomic mass is 10.1. The van der Waals surface area contributed by atoms with Gasteiger partial charge in [-0.3, -0.25) is 20.2 Å². The number of nitrogens with zero attached hydrogens (tertiary/aromatic N) is 6. The van der Waals surface area contributed by atoms with E-state index < -0.39 is 5.91 Å². The number of aromatic nitrogens is 5. The van der Waals surface area contributed by atoms with E-state index in [1.165, 1.54) is 7.05 Å². The van der Waals surface area contributed by atoms with Gasteiger partial charge in [0.25, 0.3) is 5.91 Å². The number of ether oxygens (including phenoxy) is 1. The molecule has 1 aliphatic carbocycles. The van der Waals surface area contributed by atoms with Crippen molar-refractivity contribution in [1.29, 1.82) is 0 Å². The van der Waals surface area contributed by atoms with Crippen LogP contribution in [0.3, 0.4) is 0 Å². The molecule has 1 amide bonds. The molecule has 32 heavy (non-hydrogen) atoms. The van der Waals surface area contributed by atoms with Crippen LogP contribution in [0, 0.1) is 5.92 Å². The number of para-hydroxylation sites is 1. The molecule has 0 radical (unpaired) electrons. The zero-order valence-electron chi connectivity index (χ0n) is 17.8. The van der Waals surface area contributed by atoms with E-state index in [4.69, 9.17) is 4.74 Å². The number of aliphatic imine (C=N–C) groups is 1. The highest BCUT2D eigenvalue weighted by Crippen LogP contribution is 2.37. The Labute approximate surface area is 183 Å². The van der Waals surface area contributed by atoms with Gasteiger partial charge in [-0.15, -0.1) is 10.2 Å². The number of amidine groups is 1.